The summed E-state index contributed by atoms with van der Waals surface area (Å²) in [6.45, 7) is 8.61. The number of nitrogens with zero attached hydrogens (tertiary/aromatic N) is 2. The molecule has 0 bridgehead atoms. The molecule has 3 aromatic rings. The lowest BCUT2D eigenvalue weighted by atomic mass is 10.1. The molecule has 0 atom stereocenters. The Labute approximate surface area is 153 Å². The quantitative estimate of drug-likeness (QED) is 0.746. The van der Waals surface area contributed by atoms with Crippen molar-refractivity contribution in [1.29, 1.82) is 0 Å². The highest BCUT2D eigenvalue weighted by molar-refractivity contribution is 7.92. The number of sulfonamides is 1. The van der Waals surface area contributed by atoms with E-state index in [0.717, 1.165) is 16.6 Å². The van der Waals surface area contributed by atoms with Gasteiger partial charge in [0.05, 0.1) is 21.6 Å². The number of anilines is 1. The summed E-state index contributed by atoms with van der Waals surface area (Å²) < 4.78 is 31.6. The summed E-state index contributed by atoms with van der Waals surface area (Å²) in [5, 5.41) is 0. The second-order valence-corrected chi connectivity index (χ2v) is 7.96. The minimum Gasteiger partial charge on any atom is -0.292 e. The Balaban J connectivity index is 2.12. The van der Waals surface area contributed by atoms with Gasteiger partial charge in [-0.05, 0) is 63.1 Å². The number of fused-ring (bicyclic) bond motifs is 1. The molecule has 0 saturated heterocycles. The Kier molecular flexibility index (Phi) is 4.66. The topological polar surface area (TPSA) is 73.1 Å². The first kappa shape index (κ1) is 18.3. The van der Waals surface area contributed by atoms with Crippen LogP contribution < -0.4 is 10.4 Å². The van der Waals surface area contributed by atoms with Crippen LogP contribution in [0.25, 0.3) is 11.0 Å². The van der Waals surface area contributed by atoms with Crippen molar-refractivity contribution in [2.24, 2.45) is 0 Å². The van der Waals surface area contributed by atoms with E-state index in [1.54, 1.807) is 33.4 Å². The standard InChI is InChI=1S/C19H23N3O3S/c1-5-21-17-11-10-15(12-18(17)22(6-2)19(21)23)26(24,25)20-16-9-7-8-13(3)14(16)4/h7-12,20H,5-6H2,1-4H3. The van der Waals surface area contributed by atoms with E-state index in [-0.39, 0.29) is 10.6 Å². The average Bonchev–Trinajstić information content (AvgIpc) is 2.88. The molecular formula is C19H23N3O3S. The van der Waals surface area contributed by atoms with Crippen molar-refractivity contribution in [3.05, 3.63) is 58.0 Å². The van der Waals surface area contributed by atoms with E-state index in [2.05, 4.69) is 4.72 Å². The van der Waals surface area contributed by atoms with Gasteiger partial charge in [-0.25, -0.2) is 13.2 Å². The monoisotopic (exact) mass is 373 g/mol. The lowest BCUT2D eigenvalue weighted by Gasteiger charge is -2.12. The van der Waals surface area contributed by atoms with Gasteiger partial charge in [0.2, 0.25) is 0 Å². The molecule has 7 heteroatoms. The molecule has 0 saturated carbocycles. The van der Waals surface area contributed by atoms with E-state index in [1.165, 1.54) is 0 Å². The zero-order valence-corrected chi connectivity index (χ0v) is 16.2. The van der Waals surface area contributed by atoms with Crippen molar-refractivity contribution in [3.8, 4) is 0 Å². The van der Waals surface area contributed by atoms with Crippen molar-refractivity contribution in [2.45, 2.75) is 45.7 Å². The lowest BCUT2D eigenvalue weighted by molar-refractivity contribution is 0.601. The van der Waals surface area contributed by atoms with E-state index >= 15 is 0 Å². The normalized spacial score (nSPS) is 11.8. The molecule has 0 radical (unpaired) electrons. The Morgan fingerprint density at radius 1 is 0.962 bits per heavy atom. The van der Waals surface area contributed by atoms with Gasteiger partial charge < -0.3 is 0 Å². The largest absolute Gasteiger partial charge is 0.329 e. The zero-order valence-electron chi connectivity index (χ0n) is 15.4. The smallest absolute Gasteiger partial charge is 0.292 e. The molecular weight excluding hydrogens is 350 g/mol. The second kappa shape index (κ2) is 6.64. The van der Waals surface area contributed by atoms with Crippen LogP contribution in [0.5, 0.6) is 0 Å². The SMILES string of the molecule is CCn1c(=O)n(CC)c2cc(S(=O)(=O)Nc3cccc(C)c3C)ccc21. The van der Waals surface area contributed by atoms with Crippen LogP contribution in [0.15, 0.2) is 46.1 Å². The van der Waals surface area contributed by atoms with Gasteiger partial charge in [-0.15, -0.1) is 0 Å². The van der Waals surface area contributed by atoms with Crippen molar-refractivity contribution in [1.82, 2.24) is 9.13 Å². The molecule has 3 rings (SSSR count). The molecule has 1 N–H and O–H groups in total. The molecule has 1 heterocycles. The minimum absolute atomic E-state index is 0.123. The molecule has 6 nitrogen and oxygen atoms in total. The highest BCUT2D eigenvalue weighted by atomic mass is 32.2. The molecule has 0 unspecified atom stereocenters. The summed E-state index contributed by atoms with van der Waals surface area (Å²) in [5.74, 6) is 0. The summed E-state index contributed by atoms with van der Waals surface area (Å²) in [7, 11) is -3.75. The van der Waals surface area contributed by atoms with Gasteiger partial charge >= 0.3 is 5.69 Å². The third-order valence-corrected chi connectivity index (χ3v) is 6.15. The lowest BCUT2D eigenvalue weighted by Crippen LogP contribution is -2.23. The molecule has 0 spiro atoms. The number of benzene rings is 2. The van der Waals surface area contributed by atoms with Crippen LogP contribution in [0.1, 0.15) is 25.0 Å². The summed E-state index contributed by atoms with van der Waals surface area (Å²) >= 11 is 0. The maximum atomic E-state index is 12.9. The molecule has 0 fully saturated rings. The first-order valence-corrected chi connectivity index (χ1v) is 10.1. The Morgan fingerprint density at radius 2 is 1.62 bits per heavy atom. The summed E-state index contributed by atoms with van der Waals surface area (Å²) in [6.07, 6.45) is 0. The molecule has 0 aliphatic heterocycles. The van der Waals surface area contributed by atoms with Crippen LogP contribution in [0.4, 0.5) is 5.69 Å². The number of hydrogen-bond acceptors (Lipinski definition) is 3. The second-order valence-electron chi connectivity index (χ2n) is 6.27. The fraction of sp³-hybridized carbons (Fsp3) is 0.316. The maximum absolute atomic E-state index is 12.9. The molecule has 138 valence electrons. The van der Waals surface area contributed by atoms with Crippen LogP contribution >= 0.6 is 0 Å². The average molecular weight is 373 g/mol. The minimum atomic E-state index is -3.75. The van der Waals surface area contributed by atoms with Gasteiger partial charge in [-0.3, -0.25) is 13.9 Å². The van der Waals surface area contributed by atoms with Crippen LogP contribution in [0, 0.1) is 13.8 Å². The van der Waals surface area contributed by atoms with Crippen molar-refractivity contribution in [2.75, 3.05) is 4.72 Å². The number of aryl methyl sites for hydroxylation is 3. The maximum Gasteiger partial charge on any atom is 0.329 e. The van der Waals surface area contributed by atoms with Gasteiger partial charge in [0, 0.05) is 13.1 Å². The number of hydrogen-bond donors (Lipinski definition) is 1. The van der Waals surface area contributed by atoms with E-state index in [9.17, 15) is 13.2 Å². The summed E-state index contributed by atoms with van der Waals surface area (Å²) in [5.41, 5.74) is 3.71. The van der Waals surface area contributed by atoms with Crippen LogP contribution in [0.2, 0.25) is 0 Å². The highest BCUT2D eigenvalue weighted by Crippen LogP contribution is 2.24. The summed E-state index contributed by atoms with van der Waals surface area (Å²) in [6, 6.07) is 10.3. The van der Waals surface area contributed by atoms with Gasteiger partial charge in [0.15, 0.2) is 0 Å². The molecule has 0 aliphatic carbocycles. The zero-order chi connectivity index (χ0) is 19.1. The number of rotatable bonds is 5. The van der Waals surface area contributed by atoms with Crippen molar-refractivity contribution >= 4 is 26.7 Å². The fourth-order valence-electron chi connectivity index (χ4n) is 3.14. The number of nitrogens with one attached hydrogen (secondary N) is 1. The van der Waals surface area contributed by atoms with E-state index in [1.807, 2.05) is 39.8 Å². The fourth-order valence-corrected chi connectivity index (χ4v) is 4.29. The summed E-state index contributed by atoms with van der Waals surface area (Å²) in [4.78, 5) is 12.6. The number of aromatic nitrogens is 2. The van der Waals surface area contributed by atoms with E-state index in [4.69, 9.17) is 0 Å². The predicted octanol–water partition coefficient (Wildman–Crippen LogP) is 3.26. The molecule has 1 aromatic heterocycles. The first-order chi connectivity index (χ1) is 12.3. The first-order valence-electron chi connectivity index (χ1n) is 8.62. The predicted molar refractivity (Wildman–Crippen MR) is 104 cm³/mol. The van der Waals surface area contributed by atoms with Crippen LogP contribution in [0.3, 0.4) is 0 Å². The molecule has 2 aromatic carbocycles. The van der Waals surface area contributed by atoms with Gasteiger partial charge in [0.1, 0.15) is 0 Å². The van der Waals surface area contributed by atoms with Crippen LogP contribution in [-0.2, 0) is 23.1 Å². The van der Waals surface area contributed by atoms with Crippen molar-refractivity contribution < 1.29 is 8.42 Å². The third-order valence-electron chi connectivity index (χ3n) is 4.78. The van der Waals surface area contributed by atoms with Gasteiger partial charge in [0.25, 0.3) is 10.0 Å². The molecule has 26 heavy (non-hydrogen) atoms. The van der Waals surface area contributed by atoms with E-state index < -0.39 is 10.0 Å². The highest BCUT2D eigenvalue weighted by Gasteiger charge is 2.19. The molecule has 0 aliphatic rings. The van der Waals surface area contributed by atoms with Gasteiger partial charge in [-0.2, -0.15) is 0 Å². The Morgan fingerprint density at radius 3 is 2.27 bits per heavy atom. The third kappa shape index (κ3) is 2.92. The van der Waals surface area contributed by atoms with Crippen LogP contribution in [-0.4, -0.2) is 17.6 Å². The van der Waals surface area contributed by atoms with Gasteiger partial charge in [-0.1, -0.05) is 12.1 Å². The number of imidazole rings is 1. The Hall–Kier alpha value is -2.54. The Bertz CT molecular complexity index is 1140. The van der Waals surface area contributed by atoms with Crippen molar-refractivity contribution in [3.63, 3.8) is 0 Å². The molecule has 0 amide bonds. The van der Waals surface area contributed by atoms with E-state index in [0.29, 0.717) is 24.3 Å².